The van der Waals surface area contributed by atoms with E-state index in [1.54, 1.807) is 4.68 Å². The van der Waals surface area contributed by atoms with E-state index in [0.29, 0.717) is 26.1 Å². The third-order valence-corrected chi connectivity index (χ3v) is 2.57. The number of rotatable bonds is 1. The van der Waals surface area contributed by atoms with Crippen LogP contribution in [-0.2, 0) is 13.0 Å². The van der Waals surface area contributed by atoms with Crippen LogP contribution >= 0.6 is 0 Å². The van der Waals surface area contributed by atoms with Crippen LogP contribution in [0, 0.1) is 0 Å². The molecule has 0 fully saturated rings. The van der Waals surface area contributed by atoms with Crippen LogP contribution in [0.15, 0.2) is 6.07 Å². The van der Waals surface area contributed by atoms with E-state index in [9.17, 15) is 9.59 Å². The first-order valence-corrected chi connectivity index (χ1v) is 4.86. The van der Waals surface area contributed by atoms with Gasteiger partial charge in [0, 0.05) is 25.2 Å². The third-order valence-electron chi connectivity index (χ3n) is 2.57. The number of aromatic nitrogens is 2. The van der Waals surface area contributed by atoms with E-state index in [1.807, 2.05) is 0 Å². The van der Waals surface area contributed by atoms with Gasteiger partial charge in [-0.15, -0.1) is 0 Å². The molecule has 1 aromatic rings. The average Bonchev–Trinajstić information content (AvgIpc) is 2.52. The Bertz CT molecular complexity index is 414. The van der Waals surface area contributed by atoms with Crippen molar-refractivity contribution < 1.29 is 19.8 Å². The minimum atomic E-state index is -1.06. The van der Waals surface area contributed by atoms with Crippen LogP contribution in [-0.4, -0.2) is 50.0 Å². The number of aromatic carboxylic acids is 1. The maximum Gasteiger partial charge on any atom is 0.407 e. The summed E-state index contributed by atoms with van der Waals surface area (Å²) in [5.41, 5.74) is 0.778. The van der Waals surface area contributed by atoms with Crippen molar-refractivity contribution in [2.75, 3.05) is 13.1 Å². The van der Waals surface area contributed by atoms with Crippen molar-refractivity contribution in [1.29, 1.82) is 0 Å². The Morgan fingerprint density at radius 3 is 2.62 bits per heavy atom. The van der Waals surface area contributed by atoms with E-state index in [-0.39, 0.29) is 5.69 Å². The van der Waals surface area contributed by atoms with Gasteiger partial charge in [-0.1, -0.05) is 0 Å². The molecule has 0 bridgehead atoms. The lowest BCUT2D eigenvalue weighted by Crippen LogP contribution is -2.32. The molecule has 0 radical (unpaired) electrons. The van der Waals surface area contributed by atoms with Gasteiger partial charge in [0.25, 0.3) is 0 Å². The molecular formula is C9H11N3O4. The molecule has 0 atom stereocenters. The lowest BCUT2D eigenvalue weighted by molar-refractivity contribution is 0.0689. The van der Waals surface area contributed by atoms with Gasteiger partial charge in [0.15, 0.2) is 5.69 Å². The zero-order chi connectivity index (χ0) is 11.7. The molecule has 1 aliphatic heterocycles. The summed E-state index contributed by atoms with van der Waals surface area (Å²) in [5.74, 6) is -1.06. The van der Waals surface area contributed by atoms with Gasteiger partial charge in [-0.2, -0.15) is 5.10 Å². The number of hydrogen-bond acceptors (Lipinski definition) is 3. The molecular weight excluding hydrogens is 214 g/mol. The molecule has 7 nitrogen and oxygen atoms in total. The normalized spacial score (nSPS) is 15.4. The molecule has 7 heteroatoms. The van der Waals surface area contributed by atoms with E-state index in [1.165, 1.54) is 11.0 Å². The van der Waals surface area contributed by atoms with Gasteiger partial charge in [0.1, 0.15) is 0 Å². The smallest absolute Gasteiger partial charge is 0.407 e. The number of carbonyl (C=O) groups is 2. The standard InChI is InChI=1S/C9H11N3O4/c13-8(14)7-5-6-1-2-11(9(15)16)3-4-12(6)10-7/h5H,1-4H2,(H,13,14)(H,15,16). The SMILES string of the molecule is O=C(O)c1cc2n(n1)CCN(C(=O)O)CC2. The maximum absolute atomic E-state index is 10.8. The predicted molar refractivity (Wildman–Crippen MR) is 52.5 cm³/mol. The highest BCUT2D eigenvalue weighted by atomic mass is 16.4. The Morgan fingerprint density at radius 1 is 1.25 bits per heavy atom. The predicted octanol–water partition coefficient (Wildman–Crippen LogP) is 0.117. The summed E-state index contributed by atoms with van der Waals surface area (Å²) in [7, 11) is 0. The minimum absolute atomic E-state index is 0.0128. The summed E-state index contributed by atoms with van der Waals surface area (Å²) < 4.78 is 1.56. The molecule has 2 heterocycles. The van der Waals surface area contributed by atoms with Crippen molar-refractivity contribution in [2.45, 2.75) is 13.0 Å². The zero-order valence-electron chi connectivity index (χ0n) is 8.46. The zero-order valence-corrected chi connectivity index (χ0v) is 8.46. The number of fused-ring (bicyclic) bond motifs is 1. The van der Waals surface area contributed by atoms with Crippen LogP contribution < -0.4 is 0 Å². The third kappa shape index (κ3) is 1.83. The number of hydrogen-bond donors (Lipinski definition) is 2. The van der Waals surface area contributed by atoms with Crippen LogP contribution in [0.5, 0.6) is 0 Å². The van der Waals surface area contributed by atoms with Crippen LogP contribution in [0.2, 0.25) is 0 Å². The van der Waals surface area contributed by atoms with E-state index < -0.39 is 12.1 Å². The number of carboxylic acids is 1. The molecule has 0 saturated heterocycles. The Labute approximate surface area is 90.9 Å². The van der Waals surface area contributed by atoms with Gasteiger partial charge in [0.05, 0.1) is 6.54 Å². The van der Waals surface area contributed by atoms with Crippen molar-refractivity contribution in [3.8, 4) is 0 Å². The second kappa shape index (κ2) is 3.84. The summed E-state index contributed by atoms with van der Waals surface area (Å²) >= 11 is 0. The summed E-state index contributed by atoms with van der Waals surface area (Å²) in [5, 5.41) is 21.5. The van der Waals surface area contributed by atoms with Gasteiger partial charge in [0.2, 0.25) is 0 Å². The van der Waals surface area contributed by atoms with Gasteiger partial charge < -0.3 is 15.1 Å². The molecule has 1 aliphatic rings. The summed E-state index contributed by atoms with van der Waals surface area (Å²) in [6.07, 6.45) is -0.462. The fourth-order valence-corrected chi connectivity index (χ4v) is 1.72. The number of nitrogens with zero attached hydrogens (tertiary/aromatic N) is 3. The summed E-state index contributed by atoms with van der Waals surface area (Å²) in [6.45, 7) is 1.11. The molecule has 0 saturated carbocycles. The Hall–Kier alpha value is -2.05. The largest absolute Gasteiger partial charge is 0.476 e. The summed E-state index contributed by atoms with van der Waals surface area (Å²) in [4.78, 5) is 22.8. The van der Waals surface area contributed by atoms with E-state index in [0.717, 1.165) is 5.69 Å². The van der Waals surface area contributed by atoms with Crippen molar-refractivity contribution in [2.24, 2.45) is 0 Å². The minimum Gasteiger partial charge on any atom is -0.476 e. The maximum atomic E-state index is 10.8. The van der Waals surface area contributed by atoms with Crippen LogP contribution in [0.3, 0.4) is 0 Å². The Balaban J connectivity index is 2.18. The van der Waals surface area contributed by atoms with E-state index >= 15 is 0 Å². The van der Waals surface area contributed by atoms with Crippen molar-refractivity contribution in [1.82, 2.24) is 14.7 Å². The molecule has 1 amide bonds. The van der Waals surface area contributed by atoms with Crippen LogP contribution in [0.4, 0.5) is 4.79 Å². The fourth-order valence-electron chi connectivity index (χ4n) is 1.72. The molecule has 0 aliphatic carbocycles. The molecule has 0 spiro atoms. The topological polar surface area (TPSA) is 95.7 Å². The fraction of sp³-hybridized carbons (Fsp3) is 0.444. The molecule has 1 aromatic heterocycles. The molecule has 0 unspecified atom stereocenters. The van der Waals surface area contributed by atoms with E-state index in [2.05, 4.69) is 5.10 Å². The quantitative estimate of drug-likeness (QED) is 0.707. The second-order valence-corrected chi connectivity index (χ2v) is 3.57. The van der Waals surface area contributed by atoms with Crippen molar-refractivity contribution >= 4 is 12.1 Å². The first-order valence-electron chi connectivity index (χ1n) is 4.86. The van der Waals surface area contributed by atoms with E-state index in [4.69, 9.17) is 10.2 Å². The average molecular weight is 225 g/mol. The summed E-state index contributed by atoms with van der Waals surface area (Å²) in [6, 6.07) is 1.49. The monoisotopic (exact) mass is 225 g/mol. The van der Waals surface area contributed by atoms with Gasteiger partial charge in [-0.05, 0) is 6.07 Å². The highest BCUT2D eigenvalue weighted by molar-refractivity contribution is 5.85. The molecule has 16 heavy (non-hydrogen) atoms. The molecule has 86 valence electrons. The van der Waals surface area contributed by atoms with Gasteiger partial charge in [-0.3, -0.25) is 4.68 Å². The van der Waals surface area contributed by atoms with Crippen molar-refractivity contribution in [3.63, 3.8) is 0 Å². The number of carboxylic acid groups (broad SMARTS) is 2. The number of amides is 1. The van der Waals surface area contributed by atoms with Crippen LogP contribution in [0.1, 0.15) is 16.2 Å². The molecule has 0 aromatic carbocycles. The Kier molecular flexibility index (Phi) is 2.51. The van der Waals surface area contributed by atoms with Crippen molar-refractivity contribution in [3.05, 3.63) is 17.5 Å². The first-order chi connectivity index (χ1) is 7.58. The lowest BCUT2D eigenvalue weighted by Gasteiger charge is -2.14. The first kappa shape index (κ1) is 10.5. The lowest BCUT2D eigenvalue weighted by atomic mass is 10.3. The highest BCUT2D eigenvalue weighted by Gasteiger charge is 2.20. The molecule has 2 N–H and O–H groups in total. The van der Waals surface area contributed by atoms with Gasteiger partial charge in [-0.25, -0.2) is 9.59 Å². The second-order valence-electron chi connectivity index (χ2n) is 3.57. The molecule has 2 rings (SSSR count). The van der Waals surface area contributed by atoms with Gasteiger partial charge >= 0.3 is 12.1 Å². The Morgan fingerprint density at radius 2 is 2.00 bits per heavy atom. The highest BCUT2D eigenvalue weighted by Crippen LogP contribution is 2.10. The van der Waals surface area contributed by atoms with Crippen LogP contribution in [0.25, 0.3) is 0 Å².